The molecule has 1 radical (unpaired) electrons. The third-order valence-electron chi connectivity index (χ3n) is 2.55. The average Bonchev–Trinajstić information content (AvgIpc) is 2.38. The van der Waals surface area contributed by atoms with Crippen LogP contribution >= 0.6 is 11.8 Å². The van der Waals surface area contributed by atoms with Crippen molar-refractivity contribution in [3.05, 3.63) is 69.8 Å². The van der Waals surface area contributed by atoms with E-state index in [0.29, 0.717) is 0 Å². The van der Waals surface area contributed by atoms with E-state index in [9.17, 15) is 10.1 Å². The molecule has 0 aromatic heterocycles. The summed E-state index contributed by atoms with van der Waals surface area (Å²) in [5.41, 5.74) is 2.26. The topological polar surface area (TPSA) is 43.1 Å². The van der Waals surface area contributed by atoms with Crippen LogP contribution in [0, 0.1) is 17.0 Å². The molecule has 0 aliphatic carbocycles. The van der Waals surface area contributed by atoms with Crippen LogP contribution in [0.4, 0.5) is 5.69 Å². The normalized spacial score (nSPS) is 9.74. The summed E-state index contributed by atoms with van der Waals surface area (Å²) in [7, 11) is 0. The molecule has 2 aromatic carbocycles. The van der Waals surface area contributed by atoms with E-state index >= 15 is 0 Å². The summed E-state index contributed by atoms with van der Waals surface area (Å²) in [5, 5.41) is 11.0. The maximum atomic E-state index is 11.0. The van der Waals surface area contributed by atoms with Gasteiger partial charge in [-0.2, -0.15) is 0 Å². The molecule has 19 heavy (non-hydrogen) atoms. The van der Waals surface area contributed by atoms with Crippen LogP contribution in [-0.4, -0.2) is 4.92 Å². The number of aryl methyl sites for hydroxylation is 1. The van der Waals surface area contributed by atoms with Crippen LogP contribution in [0.1, 0.15) is 11.1 Å². The predicted octanol–water partition coefficient (Wildman–Crippen LogP) is 4.19. The first-order valence-corrected chi connectivity index (χ1v) is 6.57. The molecule has 95 valence electrons. The van der Waals surface area contributed by atoms with Gasteiger partial charge in [-0.3, -0.25) is 10.1 Å². The van der Waals surface area contributed by atoms with Crippen LogP contribution in [0.25, 0.3) is 0 Å². The van der Waals surface area contributed by atoms with Crippen molar-refractivity contribution in [2.24, 2.45) is 0 Å². The molecule has 3 nitrogen and oxygen atoms in total. The molecule has 2 aromatic rings. The zero-order chi connectivity index (χ0) is 13.0. The molecule has 0 amide bonds. The van der Waals surface area contributed by atoms with Crippen LogP contribution in [0.5, 0.6) is 0 Å². The summed E-state index contributed by atoms with van der Waals surface area (Å²) in [4.78, 5) is 11.4. The molecule has 0 unspecified atom stereocenters. The Kier molecular flexibility index (Phi) is 6.69. The number of benzene rings is 2. The second kappa shape index (κ2) is 7.78. The predicted molar refractivity (Wildman–Crippen MR) is 73.8 cm³/mol. The van der Waals surface area contributed by atoms with Gasteiger partial charge in [-0.1, -0.05) is 36.4 Å². The second-order valence-electron chi connectivity index (χ2n) is 4.00. The van der Waals surface area contributed by atoms with Crippen LogP contribution in [0.3, 0.4) is 0 Å². The summed E-state index contributed by atoms with van der Waals surface area (Å²) in [6, 6.07) is 15.3. The maximum absolute atomic E-state index is 11.0. The number of nitro groups is 1. The molecule has 0 atom stereocenters. The van der Waals surface area contributed by atoms with Gasteiger partial charge in [-0.15, -0.1) is 11.8 Å². The molecule has 0 fully saturated rings. The summed E-state index contributed by atoms with van der Waals surface area (Å²) in [6.07, 6.45) is 0. The monoisotopic (exact) mass is 348 g/mol. The summed E-state index contributed by atoms with van der Waals surface area (Å²) < 4.78 is 0. The Balaban J connectivity index is 0.00000180. The van der Waals surface area contributed by atoms with Crippen LogP contribution < -0.4 is 0 Å². The Hall–Kier alpha value is -0.706. The number of hydrogen-bond donors (Lipinski definition) is 0. The Morgan fingerprint density at radius 2 is 1.84 bits per heavy atom. The minimum Gasteiger partial charge on any atom is -0.258 e. The Morgan fingerprint density at radius 1 is 1.16 bits per heavy atom. The van der Waals surface area contributed by atoms with E-state index in [4.69, 9.17) is 0 Å². The van der Waals surface area contributed by atoms with E-state index < -0.39 is 0 Å². The summed E-state index contributed by atoms with van der Waals surface area (Å²) in [5.74, 6) is 0.741. The molecule has 2 rings (SSSR count). The molecule has 0 aliphatic heterocycles. The number of thioether (sulfide) groups is 1. The van der Waals surface area contributed by atoms with Crippen LogP contribution in [0.2, 0.25) is 0 Å². The molecule has 0 N–H and O–H groups in total. The SMILES string of the molecule is Cc1ccc(SCc2ccccc2)c([N+](=O)[O-])c1.[Y]. The van der Waals surface area contributed by atoms with Gasteiger partial charge in [0, 0.05) is 44.5 Å². The third-order valence-corrected chi connectivity index (χ3v) is 3.68. The van der Waals surface area contributed by atoms with Gasteiger partial charge >= 0.3 is 0 Å². The maximum Gasteiger partial charge on any atom is 0.283 e. The van der Waals surface area contributed by atoms with Gasteiger partial charge in [0.25, 0.3) is 5.69 Å². The third kappa shape index (κ3) is 4.71. The molecule has 0 aliphatic rings. The second-order valence-corrected chi connectivity index (χ2v) is 5.02. The fourth-order valence-electron chi connectivity index (χ4n) is 1.63. The van der Waals surface area contributed by atoms with E-state index in [1.807, 2.05) is 49.4 Å². The van der Waals surface area contributed by atoms with Crippen LogP contribution in [-0.2, 0) is 38.5 Å². The van der Waals surface area contributed by atoms with Crippen molar-refractivity contribution >= 4 is 17.4 Å². The fraction of sp³-hybridized carbons (Fsp3) is 0.143. The van der Waals surface area contributed by atoms with Crippen molar-refractivity contribution in [2.45, 2.75) is 17.6 Å². The van der Waals surface area contributed by atoms with Gasteiger partial charge in [-0.05, 0) is 24.1 Å². The molecule has 0 saturated carbocycles. The minimum atomic E-state index is -0.319. The Bertz CT molecular complexity index is 561. The first-order chi connectivity index (χ1) is 8.66. The molecule has 0 bridgehead atoms. The van der Waals surface area contributed by atoms with Crippen molar-refractivity contribution in [3.63, 3.8) is 0 Å². The van der Waals surface area contributed by atoms with Gasteiger partial charge in [0.2, 0.25) is 0 Å². The van der Waals surface area contributed by atoms with Gasteiger partial charge in [0.1, 0.15) is 0 Å². The van der Waals surface area contributed by atoms with Gasteiger partial charge < -0.3 is 0 Å². The largest absolute Gasteiger partial charge is 0.283 e. The smallest absolute Gasteiger partial charge is 0.258 e. The average molecular weight is 348 g/mol. The quantitative estimate of drug-likeness (QED) is 0.473. The number of rotatable bonds is 4. The van der Waals surface area contributed by atoms with E-state index in [-0.39, 0.29) is 43.3 Å². The fourth-order valence-corrected chi connectivity index (χ4v) is 2.59. The van der Waals surface area contributed by atoms with Crippen molar-refractivity contribution in [2.75, 3.05) is 0 Å². The summed E-state index contributed by atoms with van der Waals surface area (Å²) >= 11 is 1.50. The summed E-state index contributed by atoms with van der Waals surface area (Å²) in [6.45, 7) is 1.86. The van der Waals surface area contributed by atoms with Crippen molar-refractivity contribution in [1.29, 1.82) is 0 Å². The van der Waals surface area contributed by atoms with Gasteiger partial charge in [0.15, 0.2) is 0 Å². The van der Waals surface area contributed by atoms with E-state index in [2.05, 4.69) is 0 Å². The van der Waals surface area contributed by atoms with Gasteiger partial charge in [0.05, 0.1) is 9.82 Å². The molecule has 0 spiro atoms. The Labute approximate surface area is 141 Å². The Morgan fingerprint density at radius 3 is 2.47 bits per heavy atom. The first kappa shape index (κ1) is 16.3. The number of hydrogen-bond acceptors (Lipinski definition) is 3. The first-order valence-electron chi connectivity index (χ1n) is 5.58. The zero-order valence-electron chi connectivity index (χ0n) is 10.6. The molecular formula is C14H13NO2SY. The van der Waals surface area contributed by atoms with E-state index in [1.54, 1.807) is 6.07 Å². The van der Waals surface area contributed by atoms with Gasteiger partial charge in [-0.25, -0.2) is 0 Å². The molecular weight excluding hydrogens is 335 g/mol. The van der Waals surface area contributed by atoms with Crippen LogP contribution in [0.15, 0.2) is 53.4 Å². The zero-order valence-corrected chi connectivity index (χ0v) is 14.2. The molecule has 5 heteroatoms. The number of nitro benzene ring substituents is 1. The van der Waals surface area contributed by atoms with Crippen molar-refractivity contribution < 1.29 is 37.6 Å². The molecule has 0 saturated heterocycles. The minimum absolute atomic E-state index is 0. The van der Waals surface area contributed by atoms with Crippen molar-refractivity contribution in [1.82, 2.24) is 0 Å². The van der Waals surface area contributed by atoms with E-state index in [0.717, 1.165) is 21.8 Å². The van der Waals surface area contributed by atoms with E-state index in [1.165, 1.54) is 11.8 Å². The molecule has 0 heterocycles. The standard InChI is InChI=1S/C14H13NO2S.Y/c1-11-7-8-14(13(9-11)15(16)17)18-10-12-5-3-2-4-6-12;/h2-9H,10H2,1H3;. The van der Waals surface area contributed by atoms with Crippen molar-refractivity contribution in [3.8, 4) is 0 Å². The number of nitrogens with zero attached hydrogens (tertiary/aromatic N) is 1.